The van der Waals surface area contributed by atoms with Gasteiger partial charge in [0.25, 0.3) is 0 Å². The Labute approximate surface area is 160 Å². The minimum Gasteiger partial charge on any atom is -0.469 e. The lowest BCUT2D eigenvalue weighted by molar-refractivity contribution is -0.145. The maximum absolute atomic E-state index is 11.9. The van der Waals surface area contributed by atoms with Gasteiger partial charge in [-0.3, -0.25) is 9.79 Å². The fraction of sp³-hybridized carbons (Fsp3) is 0.737. The number of guanidine groups is 1. The third-order valence-corrected chi connectivity index (χ3v) is 6.59. The molecule has 2 heterocycles. The van der Waals surface area contributed by atoms with E-state index >= 15 is 0 Å². The number of carbonyl (C=O) groups excluding carboxylic acids is 1. The molecule has 2 unspecified atom stereocenters. The van der Waals surface area contributed by atoms with E-state index in [-0.39, 0.29) is 17.8 Å². The Balaban J connectivity index is 1.45. The van der Waals surface area contributed by atoms with Crippen molar-refractivity contribution in [2.75, 3.05) is 33.8 Å². The number of carbonyl (C=O) groups is 1. The van der Waals surface area contributed by atoms with Gasteiger partial charge in [0.2, 0.25) is 0 Å². The first-order valence-electron chi connectivity index (χ1n) is 9.63. The molecule has 3 rings (SSSR count). The van der Waals surface area contributed by atoms with Crippen molar-refractivity contribution < 1.29 is 9.53 Å². The van der Waals surface area contributed by atoms with Crippen molar-refractivity contribution >= 4 is 23.3 Å². The van der Waals surface area contributed by atoms with Crippen molar-refractivity contribution in [2.24, 2.45) is 16.8 Å². The molecular weight excluding hydrogens is 348 g/mol. The molecule has 0 amide bonds. The molecule has 0 radical (unpaired) electrons. The standard InChI is InChI=1S/C19H30N4O2S/c1-13-11-23(12-14(13)18(24)25-3)19(20-2)21-10-6-9-17-22-15-7-4-5-8-16(15)26-17/h13-14H,4-12H2,1-3H3,(H,20,21). The van der Waals surface area contributed by atoms with Gasteiger partial charge in [0, 0.05) is 38.0 Å². The molecule has 26 heavy (non-hydrogen) atoms. The number of rotatable bonds is 5. The SMILES string of the molecule is CN=C(NCCCc1nc2c(s1)CCCC2)N1CC(C)C(C(=O)OC)C1. The van der Waals surface area contributed by atoms with Gasteiger partial charge in [-0.25, -0.2) is 4.98 Å². The molecule has 1 fully saturated rings. The molecule has 2 atom stereocenters. The molecule has 144 valence electrons. The lowest BCUT2D eigenvalue weighted by Gasteiger charge is -2.21. The molecule has 1 aromatic heterocycles. The molecule has 0 spiro atoms. The van der Waals surface area contributed by atoms with Crippen molar-refractivity contribution in [2.45, 2.75) is 45.4 Å². The minimum atomic E-state index is -0.122. The van der Waals surface area contributed by atoms with E-state index in [0.29, 0.717) is 6.54 Å². The quantitative estimate of drug-likeness (QED) is 0.368. The number of hydrogen-bond donors (Lipinski definition) is 1. The molecule has 6 nitrogen and oxygen atoms in total. The third-order valence-electron chi connectivity index (χ3n) is 5.37. The van der Waals surface area contributed by atoms with E-state index in [1.54, 1.807) is 7.05 Å². The van der Waals surface area contributed by atoms with Gasteiger partial charge in [-0.2, -0.15) is 0 Å². The second-order valence-corrected chi connectivity index (χ2v) is 8.44. The summed E-state index contributed by atoms with van der Waals surface area (Å²) >= 11 is 1.90. The van der Waals surface area contributed by atoms with E-state index in [0.717, 1.165) is 38.3 Å². The summed E-state index contributed by atoms with van der Waals surface area (Å²) in [6.45, 7) is 4.47. The normalized spacial score (nSPS) is 23.0. The number of aryl methyl sites for hydroxylation is 3. The molecule has 1 aliphatic heterocycles. The van der Waals surface area contributed by atoms with Crippen molar-refractivity contribution in [3.05, 3.63) is 15.6 Å². The highest BCUT2D eigenvalue weighted by atomic mass is 32.1. The number of aliphatic imine (C=N–C) groups is 1. The number of fused-ring (bicyclic) bond motifs is 1. The second-order valence-electron chi connectivity index (χ2n) is 7.27. The van der Waals surface area contributed by atoms with Gasteiger partial charge >= 0.3 is 5.97 Å². The highest BCUT2D eigenvalue weighted by molar-refractivity contribution is 7.11. The van der Waals surface area contributed by atoms with Gasteiger partial charge in [-0.1, -0.05) is 6.92 Å². The fourth-order valence-electron chi connectivity index (χ4n) is 3.88. The van der Waals surface area contributed by atoms with Gasteiger partial charge in [0.15, 0.2) is 5.96 Å². The van der Waals surface area contributed by atoms with E-state index in [1.165, 1.54) is 42.0 Å². The summed E-state index contributed by atoms with van der Waals surface area (Å²) in [5, 5.41) is 4.71. The average Bonchev–Trinajstić information content (AvgIpc) is 3.24. The highest BCUT2D eigenvalue weighted by Crippen LogP contribution is 2.27. The predicted molar refractivity (Wildman–Crippen MR) is 105 cm³/mol. The van der Waals surface area contributed by atoms with Crippen LogP contribution in [0.15, 0.2) is 4.99 Å². The van der Waals surface area contributed by atoms with Crippen LogP contribution >= 0.6 is 11.3 Å². The minimum absolute atomic E-state index is 0.0693. The Morgan fingerprint density at radius 3 is 2.92 bits per heavy atom. The van der Waals surface area contributed by atoms with E-state index in [2.05, 4.69) is 22.1 Å². The number of likely N-dealkylation sites (tertiary alicyclic amines) is 1. The number of ether oxygens (including phenoxy) is 1. The zero-order chi connectivity index (χ0) is 18.5. The van der Waals surface area contributed by atoms with Crippen molar-refractivity contribution in [3.8, 4) is 0 Å². The van der Waals surface area contributed by atoms with Gasteiger partial charge < -0.3 is 15.0 Å². The van der Waals surface area contributed by atoms with E-state index in [9.17, 15) is 4.79 Å². The Morgan fingerprint density at radius 1 is 1.38 bits per heavy atom. The second kappa shape index (κ2) is 8.84. The molecule has 2 aliphatic rings. The average molecular weight is 379 g/mol. The Bertz CT molecular complexity index is 634. The maximum atomic E-state index is 11.9. The molecule has 1 saturated heterocycles. The topological polar surface area (TPSA) is 66.8 Å². The van der Waals surface area contributed by atoms with Gasteiger partial charge in [-0.05, 0) is 38.0 Å². The van der Waals surface area contributed by atoms with Crippen LogP contribution in [0.5, 0.6) is 0 Å². The molecule has 1 aromatic rings. The van der Waals surface area contributed by atoms with Gasteiger partial charge in [0.05, 0.1) is 23.7 Å². The Hall–Kier alpha value is -1.63. The number of nitrogens with zero attached hydrogens (tertiary/aromatic N) is 3. The molecule has 1 aliphatic carbocycles. The summed E-state index contributed by atoms with van der Waals surface area (Å²) in [6, 6.07) is 0. The summed E-state index contributed by atoms with van der Waals surface area (Å²) in [5.74, 6) is 0.965. The predicted octanol–water partition coefficient (Wildman–Crippen LogP) is 2.27. The zero-order valence-electron chi connectivity index (χ0n) is 16.1. The first-order chi connectivity index (χ1) is 12.6. The van der Waals surface area contributed by atoms with E-state index in [4.69, 9.17) is 9.72 Å². The highest BCUT2D eigenvalue weighted by Gasteiger charge is 2.36. The van der Waals surface area contributed by atoms with E-state index < -0.39 is 0 Å². The molecule has 0 bridgehead atoms. The van der Waals surface area contributed by atoms with Crippen LogP contribution < -0.4 is 5.32 Å². The van der Waals surface area contributed by atoms with Crippen LogP contribution in [0.4, 0.5) is 0 Å². The van der Waals surface area contributed by atoms with Crippen LogP contribution in [0.3, 0.4) is 0 Å². The lowest BCUT2D eigenvalue weighted by atomic mass is 9.99. The first-order valence-corrected chi connectivity index (χ1v) is 10.4. The number of thiazole rings is 1. The van der Waals surface area contributed by atoms with Crippen LogP contribution in [0.25, 0.3) is 0 Å². The number of nitrogens with one attached hydrogen (secondary N) is 1. The molecule has 1 N–H and O–H groups in total. The van der Waals surface area contributed by atoms with Crippen molar-refractivity contribution in [3.63, 3.8) is 0 Å². The monoisotopic (exact) mass is 378 g/mol. The van der Waals surface area contributed by atoms with Gasteiger partial charge in [0.1, 0.15) is 0 Å². The molecular formula is C19H30N4O2S. The van der Waals surface area contributed by atoms with Crippen molar-refractivity contribution in [1.29, 1.82) is 0 Å². The number of aromatic nitrogens is 1. The van der Waals surface area contributed by atoms with Crippen molar-refractivity contribution in [1.82, 2.24) is 15.2 Å². The molecule has 0 saturated carbocycles. The molecule has 7 heteroatoms. The number of methoxy groups -OCH3 is 1. The van der Waals surface area contributed by atoms with Crippen LogP contribution in [0.1, 0.15) is 41.8 Å². The van der Waals surface area contributed by atoms with Gasteiger partial charge in [-0.15, -0.1) is 11.3 Å². The lowest BCUT2D eigenvalue weighted by Crippen LogP contribution is -2.41. The Morgan fingerprint density at radius 2 is 2.19 bits per heavy atom. The number of hydrogen-bond acceptors (Lipinski definition) is 5. The van der Waals surface area contributed by atoms with Crippen LogP contribution in [-0.4, -0.2) is 55.6 Å². The smallest absolute Gasteiger partial charge is 0.310 e. The van der Waals surface area contributed by atoms with E-state index in [1.807, 2.05) is 11.3 Å². The third kappa shape index (κ3) is 4.37. The Kier molecular flexibility index (Phi) is 6.51. The zero-order valence-corrected chi connectivity index (χ0v) is 16.9. The van der Waals surface area contributed by atoms with Crippen LogP contribution in [-0.2, 0) is 28.8 Å². The number of esters is 1. The fourth-order valence-corrected chi connectivity index (χ4v) is 5.08. The largest absolute Gasteiger partial charge is 0.469 e. The van der Waals surface area contributed by atoms with Crippen LogP contribution in [0.2, 0.25) is 0 Å². The maximum Gasteiger partial charge on any atom is 0.310 e. The summed E-state index contributed by atoms with van der Waals surface area (Å²) in [7, 11) is 3.26. The summed E-state index contributed by atoms with van der Waals surface area (Å²) in [4.78, 5) is 24.7. The first kappa shape index (κ1) is 19.1. The van der Waals surface area contributed by atoms with Crippen LogP contribution in [0, 0.1) is 11.8 Å². The summed E-state index contributed by atoms with van der Waals surface area (Å²) in [5.41, 5.74) is 1.35. The summed E-state index contributed by atoms with van der Waals surface area (Å²) < 4.78 is 4.92. The molecule has 0 aromatic carbocycles. The summed E-state index contributed by atoms with van der Waals surface area (Å²) in [6.07, 6.45) is 7.03.